The zero-order chi connectivity index (χ0) is 16.7. The van der Waals surface area contributed by atoms with Gasteiger partial charge in [-0.1, -0.05) is 0 Å². The number of nitrogens with one attached hydrogen (secondary N) is 2. The highest BCUT2D eigenvalue weighted by Crippen LogP contribution is 2.32. The van der Waals surface area contributed by atoms with E-state index in [0.717, 1.165) is 12.1 Å². The van der Waals surface area contributed by atoms with Gasteiger partial charge in [0.15, 0.2) is 17.5 Å². The third-order valence-electron chi connectivity index (χ3n) is 3.00. The molecule has 1 heterocycles. The minimum Gasteiger partial charge on any atom is -0.490 e. The van der Waals surface area contributed by atoms with Crippen LogP contribution in [0.15, 0.2) is 23.2 Å². The van der Waals surface area contributed by atoms with Gasteiger partial charge in [0.25, 0.3) is 0 Å². The maximum absolute atomic E-state index is 11.0. The van der Waals surface area contributed by atoms with Crippen molar-refractivity contribution >= 4 is 21.7 Å². The third kappa shape index (κ3) is 5.95. The second-order valence-corrected chi connectivity index (χ2v) is 6.70. The van der Waals surface area contributed by atoms with Gasteiger partial charge in [0.05, 0.1) is 25.5 Å². The van der Waals surface area contributed by atoms with Gasteiger partial charge >= 0.3 is 0 Å². The number of benzene rings is 1. The van der Waals surface area contributed by atoms with E-state index in [1.807, 2.05) is 25.1 Å². The Morgan fingerprint density at radius 2 is 2.04 bits per heavy atom. The highest BCUT2D eigenvalue weighted by atomic mass is 32.2. The first-order valence-electron chi connectivity index (χ1n) is 7.43. The monoisotopic (exact) mass is 342 g/mol. The highest BCUT2D eigenvalue weighted by molar-refractivity contribution is 7.89. The topological polar surface area (TPSA) is 115 Å². The molecule has 0 saturated heterocycles. The molecule has 1 aromatic rings. The van der Waals surface area contributed by atoms with Gasteiger partial charge in [0.1, 0.15) is 0 Å². The summed E-state index contributed by atoms with van der Waals surface area (Å²) in [6, 6.07) is 5.50. The van der Waals surface area contributed by atoms with Gasteiger partial charge in [-0.15, -0.1) is 0 Å². The van der Waals surface area contributed by atoms with Crippen molar-refractivity contribution in [3.63, 3.8) is 0 Å². The van der Waals surface area contributed by atoms with Crippen LogP contribution in [-0.2, 0) is 10.0 Å². The number of nitrogens with two attached hydrogens (primary N) is 1. The number of aliphatic imine (C=N–C) groups is 1. The molecule has 0 radical (unpaired) electrons. The summed E-state index contributed by atoms with van der Waals surface area (Å²) < 4.78 is 33.1. The molecule has 0 unspecified atom stereocenters. The second-order valence-electron chi connectivity index (χ2n) is 4.96. The first kappa shape index (κ1) is 17.4. The quantitative estimate of drug-likeness (QED) is 0.531. The average Bonchev–Trinajstić information content (AvgIpc) is 2.71. The molecule has 2 rings (SSSR count). The van der Waals surface area contributed by atoms with Crippen LogP contribution in [0, 0.1) is 0 Å². The molecular weight excluding hydrogens is 320 g/mol. The van der Waals surface area contributed by atoms with Crippen LogP contribution < -0.4 is 25.2 Å². The van der Waals surface area contributed by atoms with E-state index in [0.29, 0.717) is 37.2 Å². The number of nitrogens with zero attached hydrogens (tertiary/aromatic N) is 1. The minimum absolute atomic E-state index is 0.0821. The zero-order valence-electron chi connectivity index (χ0n) is 13.0. The summed E-state index contributed by atoms with van der Waals surface area (Å²) in [7, 11) is -3.52. The Morgan fingerprint density at radius 1 is 1.30 bits per heavy atom. The molecule has 0 aromatic heterocycles. The lowest BCUT2D eigenvalue weighted by atomic mass is 10.3. The Kier molecular flexibility index (Phi) is 6.05. The smallest absolute Gasteiger partial charge is 0.210 e. The summed E-state index contributed by atoms with van der Waals surface area (Å²) in [4.78, 5) is 4.19. The fourth-order valence-corrected chi connectivity index (χ4v) is 2.32. The van der Waals surface area contributed by atoms with Crippen LogP contribution in [0.5, 0.6) is 11.5 Å². The number of hydrogen-bond acceptors (Lipinski definition) is 5. The van der Waals surface area contributed by atoms with Gasteiger partial charge in [-0.2, -0.15) is 0 Å². The van der Waals surface area contributed by atoms with E-state index in [1.165, 1.54) is 0 Å². The number of primary sulfonamides is 1. The number of fused-ring (bicyclic) bond motifs is 1. The molecule has 4 N–H and O–H groups in total. The van der Waals surface area contributed by atoms with Gasteiger partial charge in [0.2, 0.25) is 10.0 Å². The van der Waals surface area contributed by atoms with Crippen LogP contribution in [0.2, 0.25) is 0 Å². The first-order chi connectivity index (χ1) is 11.0. The third-order valence-corrected chi connectivity index (χ3v) is 3.75. The van der Waals surface area contributed by atoms with Crippen LogP contribution >= 0.6 is 0 Å². The van der Waals surface area contributed by atoms with E-state index in [1.54, 1.807) is 0 Å². The van der Waals surface area contributed by atoms with Crippen LogP contribution in [0.3, 0.4) is 0 Å². The van der Waals surface area contributed by atoms with Crippen molar-refractivity contribution in [3.8, 4) is 11.5 Å². The van der Waals surface area contributed by atoms with Crippen LogP contribution in [0.1, 0.15) is 13.3 Å². The molecule has 8 nitrogen and oxygen atoms in total. The molecule has 0 spiro atoms. The fraction of sp³-hybridized carbons (Fsp3) is 0.500. The molecule has 1 aliphatic heterocycles. The molecule has 128 valence electrons. The molecular formula is C14H22N4O4S. The fourth-order valence-electron chi connectivity index (χ4n) is 1.97. The molecule has 0 atom stereocenters. The number of guanidine groups is 1. The second kappa shape index (κ2) is 8.02. The van der Waals surface area contributed by atoms with E-state index in [4.69, 9.17) is 14.6 Å². The molecule has 23 heavy (non-hydrogen) atoms. The molecule has 0 fully saturated rings. The average molecular weight is 342 g/mol. The number of rotatable bonds is 5. The summed E-state index contributed by atoms with van der Waals surface area (Å²) in [6.45, 7) is 3.89. The lowest BCUT2D eigenvalue weighted by Gasteiger charge is -2.13. The number of anilines is 1. The SMILES string of the molecule is CCNC(=NCCS(N)(=O)=O)Nc1ccc2c(c1)OCCCO2. The Balaban J connectivity index is 2.07. The summed E-state index contributed by atoms with van der Waals surface area (Å²) in [5.74, 6) is 1.66. The predicted octanol–water partition coefficient (Wildman–Crippen LogP) is 0.514. The van der Waals surface area contributed by atoms with Gasteiger partial charge in [-0.3, -0.25) is 4.99 Å². The van der Waals surface area contributed by atoms with E-state index in [9.17, 15) is 8.42 Å². The summed E-state index contributed by atoms with van der Waals surface area (Å²) >= 11 is 0. The highest BCUT2D eigenvalue weighted by Gasteiger charge is 2.11. The Bertz CT molecular complexity index is 661. The van der Waals surface area contributed by atoms with E-state index < -0.39 is 10.0 Å². The van der Waals surface area contributed by atoms with Crippen molar-refractivity contribution in [2.75, 3.05) is 37.4 Å². The molecule has 0 bridgehead atoms. The number of ether oxygens (including phenoxy) is 2. The van der Waals surface area contributed by atoms with Crippen molar-refractivity contribution in [1.29, 1.82) is 0 Å². The number of sulfonamides is 1. The van der Waals surface area contributed by atoms with Crippen molar-refractivity contribution in [3.05, 3.63) is 18.2 Å². The van der Waals surface area contributed by atoms with Crippen molar-refractivity contribution in [1.82, 2.24) is 5.32 Å². The van der Waals surface area contributed by atoms with Crippen molar-refractivity contribution in [2.24, 2.45) is 10.1 Å². The minimum atomic E-state index is -3.52. The van der Waals surface area contributed by atoms with Gasteiger partial charge < -0.3 is 20.1 Å². The van der Waals surface area contributed by atoms with Gasteiger partial charge in [0, 0.05) is 24.7 Å². The molecule has 9 heteroatoms. The van der Waals surface area contributed by atoms with Crippen LogP contribution in [0.4, 0.5) is 5.69 Å². The Labute approximate surface area is 136 Å². The molecule has 1 aliphatic rings. The molecule has 0 saturated carbocycles. The molecule has 0 aliphatic carbocycles. The van der Waals surface area contributed by atoms with Gasteiger partial charge in [-0.05, 0) is 19.1 Å². The predicted molar refractivity (Wildman–Crippen MR) is 89.6 cm³/mol. The van der Waals surface area contributed by atoms with E-state index in [-0.39, 0.29) is 12.3 Å². The largest absolute Gasteiger partial charge is 0.490 e. The Morgan fingerprint density at radius 3 is 2.74 bits per heavy atom. The molecule has 1 aromatic carbocycles. The zero-order valence-corrected chi connectivity index (χ0v) is 13.9. The van der Waals surface area contributed by atoms with E-state index in [2.05, 4.69) is 15.6 Å². The van der Waals surface area contributed by atoms with Gasteiger partial charge in [-0.25, -0.2) is 13.6 Å². The summed E-state index contributed by atoms with van der Waals surface area (Å²) in [6.07, 6.45) is 0.842. The standard InChI is InChI=1S/C14H22N4O4S/c1-2-16-14(17-6-9-23(15,19)20)18-11-4-5-12-13(10-11)22-8-3-7-21-12/h4-5,10H,2-3,6-9H2,1H3,(H2,15,19,20)(H2,16,17,18). The lowest BCUT2D eigenvalue weighted by molar-refractivity contribution is 0.297. The van der Waals surface area contributed by atoms with E-state index >= 15 is 0 Å². The normalized spacial score (nSPS) is 15.0. The lowest BCUT2D eigenvalue weighted by Crippen LogP contribution is -2.31. The summed E-state index contributed by atoms with van der Waals surface area (Å²) in [5.41, 5.74) is 0.768. The van der Waals surface area contributed by atoms with Crippen molar-refractivity contribution in [2.45, 2.75) is 13.3 Å². The number of hydrogen-bond donors (Lipinski definition) is 3. The Hall–Kier alpha value is -2.00. The van der Waals surface area contributed by atoms with Crippen LogP contribution in [0.25, 0.3) is 0 Å². The van der Waals surface area contributed by atoms with Crippen molar-refractivity contribution < 1.29 is 17.9 Å². The van der Waals surface area contributed by atoms with Crippen LogP contribution in [-0.4, -0.2) is 46.4 Å². The first-order valence-corrected chi connectivity index (χ1v) is 9.15. The maximum Gasteiger partial charge on any atom is 0.210 e. The molecule has 0 amide bonds. The maximum atomic E-state index is 11.0. The summed E-state index contributed by atoms with van der Waals surface area (Å²) in [5, 5.41) is 11.1.